The fourth-order valence-electron chi connectivity index (χ4n) is 2.26. The summed E-state index contributed by atoms with van der Waals surface area (Å²) in [6, 6.07) is 7.90. The highest BCUT2D eigenvalue weighted by molar-refractivity contribution is 7.13. The first-order chi connectivity index (χ1) is 12.0. The van der Waals surface area contributed by atoms with Gasteiger partial charge in [0.1, 0.15) is 12.4 Å². The van der Waals surface area contributed by atoms with Gasteiger partial charge in [0.25, 0.3) is 0 Å². The van der Waals surface area contributed by atoms with Crippen molar-refractivity contribution in [2.24, 2.45) is 0 Å². The van der Waals surface area contributed by atoms with Gasteiger partial charge in [-0.3, -0.25) is 9.32 Å². The van der Waals surface area contributed by atoms with E-state index in [1.165, 1.54) is 35.4 Å². The Morgan fingerprint density at radius 1 is 1.40 bits per heavy atom. The van der Waals surface area contributed by atoms with Crippen LogP contribution in [0.3, 0.4) is 0 Å². The molecule has 0 unspecified atom stereocenters. The molecule has 0 N–H and O–H groups in total. The third kappa shape index (κ3) is 3.64. The first-order valence-electron chi connectivity index (χ1n) is 7.24. The zero-order chi connectivity index (χ0) is 18.0. The molecule has 0 saturated carbocycles. The first-order valence-corrected chi connectivity index (χ1v) is 8.50. The number of halogens is 2. The number of nitrogens with zero attached hydrogens (tertiary/aromatic N) is 3. The molecule has 3 rings (SSSR count). The third-order valence-electron chi connectivity index (χ3n) is 3.60. The van der Waals surface area contributed by atoms with Crippen molar-refractivity contribution in [2.75, 3.05) is 7.05 Å². The summed E-state index contributed by atoms with van der Waals surface area (Å²) in [5.41, 5.74) is 0.219. The average molecular weight is 382 g/mol. The van der Waals surface area contributed by atoms with Crippen LogP contribution in [0.2, 0.25) is 5.02 Å². The molecule has 0 aliphatic rings. The van der Waals surface area contributed by atoms with Crippen LogP contribution in [0.25, 0.3) is 10.7 Å². The van der Waals surface area contributed by atoms with Gasteiger partial charge in [-0.2, -0.15) is 0 Å². The maximum Gasteiger partial charge on any atom is 0.442 e. The van der Waals surface area contributed by atoms with E-state index in [2.05, 4.69) is 9.68 Å². The quantitative estimate of drug-likeness (QED) is 0.681. The van der Waals surface area contributed by atoms with E-state index in [1.807, 2.05) is 5.38 Å². The van der Waals surface area contributed by atoms with Crippen molar-refractivity contribution >= 4 is 28.8 Å². The fraction of sp³-hybridized carbons (Fsp3) is 0.188. The molecule has 25 heavy (non-hydrogen) atoms. The maximum absolute atomic E-state index is 13.9. The standard InChI is InChI=1S/C16H13ClFN3O3S/c1-20(8-10-11(17)4-2-5-12(10)18)14(22)9-21-15(19-24-16(21)23)13-6-3-7-25-13/h2-7H,8-9H2,1H3. The van der Waals surface area contributed by atoms with Gasteiger partial charge in [0.2, 0.25) is 5.91 Å². The molecule has 130 valence electrons. The Bertz CT molecular complexity index is 932. The molecule has 0 saturated heterocycles. The topological polar surface area (TPSA) is 68.3 Å². The van der Waals surface area contributed by atoms with Crippen LogP contribution in [0.5, 0.6) is 0 Å². The van der Waals surface area contributed by atoms with Crippen LogP contribution in [-0.4, -0.2) is 27.6 Å². The Kier molecular flexibility index (Phi) is 5.00. The van der Waals surface area contributed by atoms with Crippen LogP contribution in [0.15, 0.2) is 45.0 Å². The van der Waals surface area contributed by atoms with Crippen molar-refractivity contribution < 1.29 is 13.7 Å². The second-order valence-electron chi connectivity index (χ2n) is 5.29. The molecule has 1 aromatic carbocycles. The SMILES string of the molecule is CN(Cc1c(F)cccc1Cl)C(=O)Cn1c(-c2cccs2)noc1=O. The van der Waals surface area contributed by atoms with E-state index in [1.54, 1.807) is 18.2 Å². The van der Waals surface area contributed by atoms with E-state index in [0.29, 0.717) is 4.88 Å². The Balaban J connectivity index is 1.79. The number of likely N-dealkylation sites (N-methyl/N-ethyl adjacent to an activating group) is 1. The fourth-order valence-corrected chi connectivity index (χ4v) is 3.19. The summed E-state index contributed by atoms with van der Waals surface area (Å²) in [4.78, 5) is 26.3. The molecule has 0 radical (unpaired) electrons. The molecule has 1 amide bonds. The highest BCUT2D eigenvalue weighted by atomic mass is 35.5. The number of hydrogen-bond donors (Lipinski definition) is 0. The van der Waals surface area contributed by atoms with Gasteiger partial charge >= 0.3 is 5.76 Å². The normalized spacial score (nSPS) is 10.8. The van der Waals surface area contributed by atoms with Crippen molar-refractivity contribution in [3.05, 3.63) is 62.7 Å². The van der Waals surface area contributed by atoms with Gasteiger partial charge in [0.05, 0.1) is 4.88 Å². The smallest absolute Gasteiger partial charge is 0.340 e. The summed E-state index contributed by atoms with van der Waals surface area (Å²) < 4.78 is 19.7. The molecule has 9 heteroatoms. The average Bonchev–Trinajstić information content (AvgIpc) is 3.21. The van der Waals surface area contributed by atoms with E-state index >= 15 is 0 Å². The predicted molar refractivity (Wildman–Crippen MR) is 92.0 cm³/mol. The minimum atomic E-state index is -0.728. The van der Waals surface area contributed by atoms with E-state index in [9.17, 15) is 14.0 Å². The Hall–Kier alpha value is -2.45. The summed E-state index contributed by atoms with van der Waals surface area (Å²) in [7, 11) is 1.51. The molecule has 3 aromatic rings. The van der Waals surface area contributed by atoms with Crippen LogP contribution in [0.4, 0.5) is 4.39 Å². The van der Waals surface area contributed by atoms with Gasteiger partial charge in [-0.1, -0.05) is 28.9 Å². The highest BCUT2D eigenvalue weighted by Gasteiger charge is 2.20. The largest absolute Gasteiger partial charge is 0.442 e. The van der Waals surface area contributed by atoms with Gasteiger partial charge in [0, 0.05) is 24.2 Å². The Labute approximate surface area is 151 Å². The third-order valence-corrected chi connectivity index (χ3v) is 4.82. The number of carbonyl (C=O) groups excluding carboxylic acids is 1. The van der Waals surface area contributed by atoms with Crippen molar-refractivity contribution in [3.63, 3.8) is 0 Å². The lowest BCUT2D eigenvalue weighted by Crippen LogP contribution is -2.33. The van der Waals surface area contributed by atoms with E-state index in [-0.39, 0.29) is 29.5 Å². The van der Waals surface area contributed by atoms with Crippen molar-refractivity contribution in [3.8, 4) is 10.7 Å². The molecule has 0 bridgehead atoms. The van der Waals surface area contributed by atoms with Crippen LogP contribution in [0, 0.1) is 5.82 Å². The summed E-state index contributed by atoms with van der Waals surface area (Å²) in [5.74, 6) is -1.34. The van der Waals surface area contributed by atoms with Crippen LogP contribution in [0.1, 0.15) is 5.56 Å². The first kappa shape index (κ1) is 17.4. The van der Waals surface area contributed by atoms with Gasteiger partial charge in [-0.25, -0.2) is 13.8 Å². The number of benzene rings is 1. The Morgan fingerprint density at radius 3 is 2.88 bits per heavy atom. The molecular weight excluding hydrogens is 369 g/mol. The molecule has 6 nitrogen and oxygen atoms in total. The molecule has 0 fully saturated rings. The summed E-state index contributed by atoms with van der Waals surface area (Å²) in [6.45, 7) is -0.281. The molecule has 0 spiro atoms. The minimum absolute atomic E-state index is 0.0152. The molecule has 2 aromatic heterocycles. The van der Waals surface area contributed by atoms with Crippen LogP contribution < -0.4 is 5.76 Å². The second-order valence-corrected chi connectivity index (χ2v) is 6.64. The maximum atomic E-state index is 13.9. The number of aromatic nitrogens is 2. The van der Waals surface area contributed by atoms with E-state index in [4.69, 9.17) is 11.6 Å². The molecular formula is C16H13ClFN3O3S. The van der Waals surface area contributed by atoms with Crippen LogP contribution >= 0.6 is 22.9 Å². The Morgan fingerprint density at radius 2 is 2.20 bits per heavy atom. The highest BCUT2D eigenvalue weighted by Crippen LogP contribution is 2.22. The van der Waals surface area contributed by atoms with Crippen molar-refractivity contribution in [1.82, 2.24) is 14.6 Å². The summed E-state index contributed by atoms with van der Waals surface area (Å²) in [5, 5.41) is 5.78. The molecule has 0 aliphatic heterocycles. The minimum Gasteiger partial charge on any atom is -0.340 e. The number of hydrogen-bond acceptors (Lipinski definition) is 5. The zero-order valence-corrected chi connectivity index (χ0v) is 14.7. The molecule has 0 aliphatic carbocycles. The lowest BCUT2D eigenvalue weighted by Gasteiger charge is -2.18. The number of carbonyl (C=O) groups is 1. The number of rotatable bonds is 5. The van der Waals surface area contributed by atoms with E-state index in [0.717, 1.165) is 4.57 Å². The van der Waals surface area contributed by atoms with Crippen molar-refractivity contribution in [2.45, 2.75) is 13.1 Å². The molecule has 0 atom stereocenters. The van der Waals surface area contributed by atoms with Crippen LogP contribution in [-0.2, 0) is 17.9 Å². The number of amides is 1. The van der Waals surface area contributed by atoms with Gasteiger partial charge in [-0.15, -0.1) is 11.3 Å². The van der Waals surface area contributed by atoms with Gasteiger partial charge < -0.3 is 4.90 Å². The summed E-state index contributed by atoms with van der Waals surface area (Å²) >= 11 is 7.35. The second kappa shape index (κ2) is 7.20. The van der Waals surface area contributed by atoms with Gasteiger partial charge in [0.15, 0.2) is 5.82 Å². The molecule has 2 heterocycles. The lowest BCUT2D eigenvalue weighted by molar-refractivity contribution is -0.131. The monoisotopic (exact) mass is 381 g/mol. The lowest BCUT2D eigenvalue weighted by atomic mass is 10.2. The predicted octanol–water partition coefficient (Wildman–Crippen LogP) is 3.02. The number of thiophene rings is 1. The summed E-state index contributed by atoms with van der Waals surface area (Å²) in [6.07, 6.45) is 0. The van der Waals surface area contributed by atoms with Gasteiger partial charge in [-0.05, 0) is 23.6 Å². The zero-order valence-electron chi connectivity index (χ0n) is 13.1. The van der Waals surface area contributed by atoms with Crippen molar-refractivity contribution in [1.29, 1.82) is 0 Å². The van der Waals surface area contributed by atoms with E-state index < -0.39 is 17.5 Å².